The van der Waals surface area contributed by atoms with E-state index in [4.69, 9.17) is 4.99 Å². The van der Waals surface area contributed by atoms with E-state index in [9.17, 15) is 9.59 Å². The lowest BCUT2D eigenvalue weighted by Crippen LogP contribution is -2.29. The Kier molecular flexibility index (Phi) is 7.39. The monoisotopic (exact) mass is 528 g/mol. The van der Waals surface area contributed by atoms with Crippen LogP contribution >= 0.6 is 23.5 Å². The maximum atomic E-state index is 14.0. The van der Waals surface area contributed by atoms with E-state index in [1.165, 1.54) is 11.8 Å². The van der Waals surface area contributed by atoms with Gasteiger partial charge in [-0.15, -0.1) is 0 Å². The summed E-state index contributed by atoms with van der Waals surface area (Å²) >= 11 is 3.03. The third-order valence-electron chi connectivity index (χ3n) is 6.15. The summed E-state index contributed by atoms with van der Waals surface area (Å²) in [6, 6.07) is 23.6. The molecular formula is C29H28N4O2S2. The van der Waals surface area contributed by atoms with Gasteiger partial charge in [0.1, 0.15) is 9.93 Å². The minimum absolute atomic E-state index is 0.0256. The van der Waals surface area contributed by atoms with Crippen LogP contribution < -0.4 is 10.2 Å². The highest BCUT2D eigenvalue weighted by Gasteiger charge is 2.39. The normalized spacial score (nSPS) is 18.0. The lowest BCUT2D eigenvalue weighted by molar-refractivity contribution is -0.122. The molecule has 0 aliphatic carbocycles. The number of hydrogen-bond donors (Lipinski definition) is 1. The van der Waals surface area contributed by atoms with Gasteiger partial charge >= 0.3 is 0 Å². The third kappa shape index (κ3) is 5.04. The van der Waals surface area contributed by atoms with Crippen LogP contribution in [-0.2, 0) is 11.3 Å². The first kappa shape index (κ1) is 25.2. The fourth-order valence-electron chi connectivity index (χ4n) is 4.33. The first-order valence-corrected chi connectivity index (χ1v) is 13.9. The zero-order valence-corrected chi connectivity index (χ0v) is 22.7. The van der Waals surface area contributed by atoms with Gasteiger partial charge in [-0.25, -0.2) is 4.99 Å². The number of nitrogens with one attached hydrogen (secondary N) is 1. The number of rotatable bonds is 7. The minimum Gasteiger partial charge on any atom is -0.384 e. The Bertz CT molecular complexity index is 1420. The van der Waals surface area contributed by atoms with Gasteiger partial charge in [0, 0.05) is 23.5 Å². The molecule has 37 heavy (non-hydrogen) atoms. The number of anilines is 2. The number of benzene rings is 3. The average molecular weight is 529 g/mol. The number of carbonyl (C=O) groups is 2. The summed E-state index contributed by atoms with van der Waals surface area (Å²) in [7, 11) is 0. The standard InChI is InChI=1S/C29H28N4O2S2/c1-4-30-22-16-15-21(19(3)34)17-23(22)31-29-33(18-20-11-7-6-8-12-20)27(35)26(37-29)28-32(5-2)24-13-9-10-14-25(24)36-28/h6-17,30H,4-5,18H2,1-3H3. The van der Waals surface area contributed by atoms with Gasteiger partial charge in [0.15, 0.2) is 11.0 Å². The molecule has 1 amide bonds. The van der Waals surface area contributed by atoms with E-state index in [1.54, 1.807) is 35.7 Å². The Hall–Kier alpha value is -3.49. The molecule has 1 N–H and O–H groups in total. The van der Waals surface area contributed by atoms with Crippen molar-refractivity contribution in [1.29, 1.82) is 0 Å². The number of Topliss-reactive ketones (excluding diaryl/α,β-unsaturated/α-hetero) is 1. The first-order valence-electron chi connectivity index (χ1n) is 12.3. The number of thioether (sulfide) groups is 2. The maximum Gasteiger partial charge on any atom is 0.269 e. The van der Waals surface area contributed by atoms with Crippen molar-refractivity contribution in [2.24, 2.45) is 4.99 Å². The molecule has 8 heteroatoms. The van der Waals surface area contributed by atoms with E-state index < -0.39 is 0 Å². The molecule has 0 radical (unpaired) electrons. The molecular weight excluding hydrogens is 500 g/mol. The number of nitrogens with zero attached hydrogens (tertiary/aromatic N) is 3. The van der Waals surface area contributed by atoms with Crippen molar-refractivity contribution in [3.63, 3.8) is 0 Å². The summed E-state index contributed by atoms with van der Waals surface area (Å²) in [4.78, 5) is 36.8. The van der Waals surface area contributed by atoms with Crippen LogP contribution in [0, 0.1) is 0 Å². The second-order valence-electron chi connectivity index (χ2n) is 8.64. The van der Waals surface area contributed by atoms with Crippen molar-refractivity contribution in [3.8, 4) is 0 Å². The number of amidine groups is 1. The second kappa shape index (κ2) is 10.9. The fourth-order valence-corrected chi connectivity index (χ4v) is 6.71. The summed E-state index contributed by atoms with van der Waals surface area (Å²) in [5, 5.41) is 4.87. The highest BCUT2D eigenvalue weighted by Crippen LogP contribution is 2.51. The Morgan fingerprint density at radius 2 is 1.70 bits per heavy atom. The molecule has 3 aromatic carbocycles. The summed E-state index contributed by atoms with van der Waals surface area (Å²) < 4.78 is 0. The Morgan fingerprint density at radius 1 is 0.946 bits per heavy atom. The number of amides is 1. The summed E-state index contributed by atoms with van der Waals surface area (Å²) in [6.45, 7) is 7.54. The van der Waals surface area contributed by atoms with E-state index in [-0.39, 0.29) is 11.7 Å². The Labute approximate surface area is 225 Å². The molecule has 188 valence electrons. The lowest BCUT2D eigenvalue weighted by Gasteiger charge is -2.19. The van der Waals surface area contributed by atoms with Gasteiger partial charge in [-0.2, -0.15) is 0 Å². The number of ketones is 1. The SMILES string of the molecule is CCNc1ccc(C(C)=O)cc1N=C1SC(=C2Sc3ccccc3N2CC)C(=O)N1Cc1ccccc1. The van der Waals surface area contributed by atoms with E-state index in [0.29, 0.717) is 34.4 Å². The van der Waals surface area contributed by atoms with E-state index in [2.05, 4.69) is 29.3 Å². The van der Waals surface area contributed by atoms with Crippen LogP contribution in [0.15, 0.2) is 92.6 Å². The summed E-state index contributed by atoms with van der Waals surface area (Å²) in [6.07, 6.45) is 0. The van der Waals surface area contributed by atoms with Crippen molar-refractivity contribution in [2.75, 3.05) is 23.3 Å². The first-order chi connectivity index (χ1) is 18.0. The van der Waals surface area contributed by atoms with Gasteiger partial charge in [-0.3, -0.25) is 14.5 Å². The number of hydrogen-bond acceptors (Lipinski definition) is 7. The zero-order valence-electron chi connectivity index (χ0n) is 21.0. The van der Waals surface area contributed by atoms with Crippen molar-refractivity contribution in [1.82, 2.24) is 4.90 Å². The van der Waals surface area contributed by atoms with Crippen LogP contribution in [0.4, 0.5) is 17.1 Å². The average Bonchev–Trinajstić information content (AvgIpc) is 3.43. The molecule has 0 aromatic heterocycles. The molecule has 2 heterocycles. The van der Waals surface area contributed by atoms with Crippen LogP contribution in [0.5, 0.6) is 0 Å². The molecule has 0 atom stereocenters. The summed E-state index contributed by atoms with van der Waals surface area (Å²) in [5.41, 5.74) is 4.20. The molecule has 5 rings (SSSR count). The van der Waals surface area contributed by atoms with Crippen LogP contribution in [0.2, 0.25) is 0 Å². The van der Waals surface area contributed by atoms with Crippen molar-refractivity contribution >= 4 is 57.4 Å². The fraction of sp³-hybridized carbons (Fsp3) is 0.207. The van der Waals surface area contributed by atoms with Gasteiger partial charge in [-0.05, 0) is 68.4 Å². The van der Waals surface area contributed by atoms with Gasteiger partial charge in [0.05, 0.1) is 23.6 Å². The minimum atomic E-state index is -0.0610. The largest absolute Gasteiger partial charge is 0.384 e. The highest BCUT2D eigenvalue weighted by molar-refractivity contribution is 8.19. The second-order valence-corrected chi connectivity index (χ2v) is 10.6. The maximum absolute atomic E-state index is 14.0. The van der Waals surface area contributed by atoms with Crippen molar-refractivity contribution in [2.45, 2.75) is 32.2 Å². The predicted molar refractivity (Wildman–Crippen MR) is 155 cm³/mol. The number of fused-ring (bicyclic) bond motifs is 1. The van der Waals surface area contributed by atoms with Crippen LogP contribution in [0.25, 0.3) is 0 Å². The van der Waals surface area contributed by atoms with E-state index in [1.807, 2.05) is 55.5 Å². The molecule has 0 spiro atoms. The van der Waals surface area contributed by atoms with Gasteiger partial charge in [-0.1, -0.05) is 54.2 Å². The predicted octanol–water partition coefficient (Wildman–Crippen LogP) is 6.89. The molecule has 6 nitrogen and oxygen atoms in total. The van der Waals surface area contributed by atoms with Gasteiger partial charge < -0.3 is 10.2 Å². The summed E-state index contributed by atoms with van der Waals surface area (Å²) in [5.74, 6) is -0.0867. The van der Waals surface area contributed by atoms with E-state index in [0.717, 1.165) is 33.4 Å². The zero-order chi connectivity index (χ0) is 25.9. The Balaban J connectivity index is 1.61. The number of carbonyl (C=O) groups excluding carboxylic acids is 2. The topological polar surface area (TPSA) is 65.0 Å². The molecule has 0 unspecified atom stereocenters. The van der Waals surface area contributed by atoms with Crippen molar-refractivity contribution < 1.29 is 9.59 Å². The molecule has 1 fully saturated rings. The van der Waals surface area contributed by atoms with E-state index >= 15 is 0 Å². The van der Waals surface area contributed by atoms with Gasteiger partial charge in [0.2, 0.25) is 0 Å². The molecule has 2 aliphatic heterocycles. The molecule has 1 saturated heterocycles. The number of aliphatic imine (C=N–C) groups is 1. The van der Waals surface area contributed by atoms with Gasteiger partial charge in [0.25, 0.3) is 5.91 Å². The van der Waals surface area contributed by atoms with Crippen LogP contribution in [-0.4, -0.2) is 34.8 Å². The molecule has 2 aliphatic rings. The molecule has 0 bridgehead atoms. The third-order valence-corrected chi connectivity index (χ3v) is 8.53. The Morgan fingerprint density at radius 3 is 2.43 bits per heavy atom. The number of para-hydroxylation sites is 1. The smallest absolute Gasteiger partial charge is 0.269 e. The van der Waals surface area contributed by atoms with Crippen LogP contribution in [0.3, 0.4) is 0 Å². The molecule has 3 aromatic rings. The van der Waals surface area contributed by atoms with Crippen molar-refractivity contribution in [3.05, 3.63) is 93.9 Å². The lowest BCUT2D eigenvalue weighted by atomic mass is 10.1. The highest BCUT2D eigenvalue weighted by atomic mass is 32.2. The quantitative estimate of drug-likeness (QED) is 0.266. The molecule has 0 saturated carbocycles. The van der Waals surface area contributed by atoms with Crippen LogP contribution in [0.1, 0.15) is 36.7 Å².